The van der Waals surface area contributed by atoms with Gasteiger partial charge in [0.05, 0.1) is 0 Å². The van der Waals surface area contributed by atoms with Crippen LogP contribution in [-0.4, -0.2) is 6.43 Å². The summed E-state index contributed by atoms with van der Waals surface area (Å²) in [7, 11) is 0. The lowest BCUT2D eigenvalue weighted by Crippen LogP contribution is -2.10. The molecule has 0 heterocycles. The van der Waals surface area contributed by atoms with E-state index >= 15 is 0 Å². The Labute approximate surface area is 96.1 Å². The van der Waals surface area contributed by atoms with Gasteiger partial charge in [0.25, 0.3) is 6.43 Å². The van der Waals surface area contributed by atoms with Gasteiger partial charge in [-0.15, -0.1) is 0 Å². The van der Waals surface area contributed by atoms with E-state index in [4.69, 9.17) is 0 Å². The van der Waals surface area contributed by atoms with E-state index in [1.54, 1.807) is 6.08 Å². The van der Waals surface area contributed by atoms with Gasteiger partial charge in [0, 0.05) is 5.57 Å². The monoisotopic (exact) mass is 224 g/mol. The zero-order valence-electron chi connectivity index (χ0n) is 9.95. The quantitative estimate of drug-likeness (QED) is 0.645. The molecule has 0 aromatic heterocycles. The molecule has 1 aliphatic rings. The van der Waals surface area contributed by atoms with E-state index in [2.05, 4.69) is 13.2 Å². The second-order valence-electron chi connectivity index (χ2n) is 4.11. The van der Waals surface area contributed by atoms with Gasteiger partial charge in [-0.2, -0.15) is 0 Å². The molecule has 0 amide bonds. The summed E-state index contributed by atoms with van der Waals surface area (Å²) in [5, 5.41) is 0. The molecule has 0 N–H and O–H groups in total. The first kappa shape index (κ1) is 12.9. The van der Waals surface area contributed by atoms with Gasteiger partial charge in [0.1, 0.15) is 0 Å². The van der Waals surface area contributed by atoms with Crippen molar-refractivity contribution in [2.75, 3.05) is 0 Å². The van der Waals surface area contributed by atoms with Crippen molar-refractivity contribution in [2.45, 2.75) is 39.5 Å². The predicted molar refractivity (Wildman–Crippen MR) is 64.6 cm³/mol. The van der Waals surface area contributed by atoms with Crippen LogP contribution in [0, 0.1) is 0 Å². The third kappa shape index (κ3) is 2.49. The summed E-state index contributed by atoms with van der Waals surface area (Å²) >= 11 is 0. The fraction of sp³-hybridized carbons (Fsp3) is 0.429. The highest BCUT2D eigenvalue weighted by molar-refractivity contribution is 5.58. The summed E-state index contributed by atoms with van der Waals surface area (Å²) in [5.74, 6) is 0. The SMILES string of the molecule is C=C1CCC(C)=C(/C(=C/CC)C(F)F)C1=C. The molecule has 0 aromatic carbocycles. The van der Waals surface area contributed by atoms with Crippen LogP contribution >= 0.6 is 0 Å². The normalized spacial score (nSPS) is 18.7. The Morgan fingerprint density at radius 3 is 2.50 bits per heavy atom. The number of allylic oxidation sites excluding steroid dienone is 6. The first-order valence-corrected chi connectivity index (χ1v) is 5.54. The van der Waals surface area contributed by atoms with Crippen LogP contribution in [0.1, 0.15) is 33.1 Å². The minimum atomic E-state index is -2.44. The molecule has 1 rings (SSSR count). The largest absolute Gasteiger partial charge is 0.264 e. The lowest BCUT2D eigenvalue weighted by atomic mass is 9.82. The molecule has 0 spiro atoms. The maximum Gasteiger partial charge on any atom is 0.264 e. The molecule has 2 heteroatoms. The van der Waals surface area contributed by atoms with Crippen LogP contribution in [0.15, 0.2) is 47.1 Å². The van der Waals surface area contributed by atoms with E-state index in [1.165, 1.54) is 0 Å². The van der Waals surface area contributed by atoms with Crippen LogP contribution in [0.5, 0.6) is 0 Å². The van der Waals surface area contributed by atoms with Crippen LogP contribution < -0.4 is 0 Å². The fourth-order valence-corrected chi connectivity index (χ4v) is 1.99. The number of hydrogen-bond acceptors (Lipinski definition) is 0. The van der Waals surface area contributed by atoms with Gasteiger partial charge in [0.15, 0.2) is 0 Å². The van der Waals surface area contributed by atoms with Crippen molar-refractivity contribution in [3.8, 4) is 0 Å². The topological polar surface area (TPSA) is 0 Å². The summed E-state index contributed by atoms with van der Waals surface area (Å²) in [5.41, 5.74) is 3.31. The van der Waals surface area contributed by atoms with E-state index in [9.17, 15) is 8.78 Å². The molecule has 0 saturated carbocycles. The van der Waals surface area contributed by atoms with Gasteiger partial charge in [-0.25, -0.2) is 8.78 Å². The minimum Gasteiger partial charge on any atom is -0.205 e. The summed E-state index contributed by atoms with van der Waals surface area (Å²) in [6.45, 7) is 11.5. The van der Waals surface area contributed by atoms with Crippen molar-refractivity contribution < 1.29 is 8.78 Å². The van der Waals surface area contributed by atoms with E-state index in [1.807, 2.05) is 13.8 Å². The molecule has 1 aliphatic carbocycles. The standard InChI is InChI=1S/C14H18F2/c1-5-6-12(14(15)16)13-10(3)8-7-9(2)11(13)4/h6,14H,2,4-5,7-8H2,1,3H3/b12-6-. The van der Waals surface area contributed by atoms with Gasteiger partial charge in [-0.1, -0.05) is 31.7 Å². The highest BCUT2D eigenvalue weighted by atomic mass is 19.3. The zero-order valence-corrected chi connectivity index (χ0v) is 9.95. The molecule has 0 nitrogen and oxygen atoms in total. The average Bonchev–Trinajstić information content (AvgIpc) is 2.22. The molecule has 88 valence electrons. The summed E-state index contributed by atoms with van der Waals surface area (Å²) in [4.78, 5) is 0. The third-order valence-electron chi connectivity index (χ3n) is 2.90. The van der Waals surface area contributed by atoms with Gasteiger partial charge in [-0.05, 0) is 42.9 Å². The first-order chi connectivity index (χ1) is 7.49. The maximum absolute atomic E-state index is 13.0. The van der Waals surface area contributed by atoms with Crippen molar-refractivity contribution in [1.29, 1.82) is 0 Å². The Kier molecular flexibility index (Phi) is 4.22. The Bertz CT molecular complexity index is 370. The molecule has 0 aliphatic heterocycles. The molecule has 0 saturated heterocycles. The molecule has 0 atom stereocenters. The summed E-state index contributed by atoms with van der Waals surface area (Å²) in [6, 6.07) is 0. The zero-order chi connectivity index (χ0) is 12.3. The lowest BCUT2D eigenvalue weighted by molar-refractivity contribution is 0.192. The van der Waals surface area contributed by atoms with Gasteiger partial charge in [-0.3, -0.25) is 0 Å². The maximum atomic E-state index is 13.0. The van der Waals surface area contributed by atoms with Gasteiger partial charge >= 0.3 is 0 Å². The highest BCUT2D eigenvalue weighted by Crippen LogP contribution is 2.38. The molecular formula is C14H18F2. The van der Waals surface area contributed by atoms with Gasteiger partial charge in [0.2, 0.25) is 0 Å². The Morgan fingerprint density at radius 1 is 1.38 bits per heavy atom. The van der Waals surface area contributed by atoms with Crippen molar-refractivity contribution >= 4 is 0 Å². The Balaban J connectivity index is 3.22. The van der Waals surface area contributed by atoms with Crippen LogP contribution in [0.3, 0.4) is 0 Å². The smallest absolute Gasteiger partial charge is 0.205 e. The molecule has 0 unspecified atom stereocenters. The van der Waals surface area contributed by atoms with E-state index in [0.717, 1.165) is 24.0 Å². The molecule has 16 heavy (non-hydrogen) atoms. The lowest BCUT2D eigenvalue weighted by Gasteiger charge is -2.24. The molecule has 0 bridgehead atoms. The fourth-order valence-electron chi connectivity index (χ4n) is 1.99. The van der Waals surface area contributed by atoms with Crippen molar-refractivity contribution in [1.82, 2.24) is 0 Å². The van der Waals surface area contributed by atoms with Crippen LogP contribution in [-0.2, 0) is 0 Å². The number of alkyl halides is 2. The Hall–Kier alpha value is -1.18. The van der Waals surface area contributed by atoms with E-state index in [0.29, 0.717) is 17.6 Å². The number of hydrogen-bond donors (Lipinski definition) is 0. The molecular weight excluding hydrogens is 206 g/mol. The van der Waals surface area contributed by atoms with Crippen LogP contribution in [0.25, 0.3) is 0 Å². The van der Waals surface area contributed by atoms with E-state index < -0.39 is 6.43 Å². The van der Waals surface area contributed by atoms with Crippen LogP contribution in [0.2, 0.25) is 0 Å². The van der Waals surface area contributed by atoms with Crippen LogP contribution in [0.4, 0.5) is 8.78 Å². The minimum absolute atomic E-state index is 0.117. The van der Waals surface area contributed by atoms with E-state index in [-0.39, 0.29) is 5.57 Å². The Morgan fingerprint density at radius 2 is 2.00 bits per heavy atom. The third-order valence-corrected chi connectivity index (χ3v) is 2.90. The highest BCUT2D eigenvalue weighted by Gasteiger charge is 2.24. The molecule has 0 fully saturated rings. The van der Waals surface area contributed by atoms with Crippen molar-refractivity contribution in [2.24, 2.45) is 0 Å². The van der Waals surface area contributed by atoms with Gasteiger partial charge < -0.3 is 0 Å². The average molecular weight is 224 g/mol. The van der Waals surface area contributed by atoms with Crippen molar-refractivity contribution in [3.05, 3.63) is 47.1 Å². The summed E-state index contributed by atoms with van der Waals surface area (Å²) in [6.07, 6.45) is 1.40. The predicted octanol–water partition coefficient (Wildman–Crippen LogP) is 4.81. The number of rotatable bonds is 3. The second-order valence-corrected chi connectivity index (χ2v) is 4.11. The van der Waals surface area contributed by atoms with Crippen molar-refractivity contribution in [3.63, 3.8) is 0 Å². The number of halogens is 2. The molecule has 0 radical (unpaired) electrons. The second kappa shape index (κ2) is 5.24. The summed E-state index contributed by atoms with van der Waals surface area (Å²) < 4.78 is 25.9. The molecule has 0 aromatic rings. The first-order valence-electron chi connectivity index (χ1n) is 5.54.